The number of hydrogen-bond acceptors (Lipinski definition) is 3. The summed E-state index contributed by atoms with van der Waals surface area (Å²) in [7, 11) is 0. The normalized spacial score (nSPS) is 21.5. The van der Waals surface area contributed by atoms with E-state index < -0.39 is 0 Å². The highest BCUT2D eigenvalue weighted by Gasteiger charge is 2.27. The van der Waals surface area contributed by atoms with Crippen LogP contribution in [-0.2, 0) is 11.3 Å². The summed E-state index contributed by atoms with van der Waals surface area (Å²) in [5.41, 5.74) is 0. The van der Waals surface area contributed by atoms with Gasteiger partial charge in [0.1, 0.15) is 0 Å². The topological polar surface area (TPSA) is 70.7 Å². The molecule has 2 atom stereocenters. The fraction of sp³-hybridized carbons (Fsp3) is 0.706. The third kappa shape index (κ3) is 4.87. The largest absolute Gasteiger partial charge is 0.335 e. The molecule has 0 spiro atoms. The standard InChI is InChI=1S/C17H26N4O/c1-13(2)10-21-11-16(19-12-21)20-17(22)15-7-3-5-14(9-15)6-4-8-18/h11-15H,3-7,9-10H2,1-2H3,(H,20,22)/t14?,15-/m0/s1. The summed E-state index contributed by atoms with van der Waals surface area (Å²) in [6.07, 6.45) is 9.26. The molecule has 1 fully saturated rings. The van der Waals surface area contributed by atoms with Crippen LogP contribution in [-0.4, -0.2) is 15.5 Å². The van der Waals surface area contributed by atoms with Crippen molar-refractivity contribution in [3.8, 4) is 6.07 Å². The Morgan fingerprint density at radius 1 is 1.55 bits per heavy atom. The first-order valence-corrected chi connectivity index (χ1v) is 8.28. The number of hydrogen-bond donors (Lipinski definition) is 1. The Bertz CT molecular complexity index is 529. The lowest BCUT2D eigenvalue weighted by atomic mass is 9.79. The van der Waals surface area contributed by atoms with Crippen LogP contribution in [0.5, 0.6) is 0 Å². The highest BCUT2D eigenvalue weighted by molar-refractivity contribution is 5.91. The van der Waals surface area contributed by atoms with Crippen molar-refractivity contribution in [2.45, 2.75) is 58.9 Å². The van der Waals surface area contributed by atoms with Crippen molar-refractivity contribution < 1.29 is 4.79 Å². The Hall–Kier alpha value is -1.83. The van der Waals surface area contributed by atoms with Gasteiger partial charge in [-0.05, 0) is 31.1 Å². The van der Waals surface area contributed by atoms with Crippen molar-refractivity contribution in [3.63, 3.8) is 0 Å². The van der Waals surface area contributed by atoms with Gasteiger partial charge in [-0.2, -0.15) is 5.26 Å². The molecule has 2 rings (SSSR count). The van der Waals surface area contributed by atoms with Gasteiger partial charge in [-0.25, -0.2) is 4.98 Å². The monoisotopic (exact) mass is 302 g/mol. The van der Waals surface area contributed by atoms with Crippen LogP contribution in [0.1, 0.15) is 52.4 Å². The van der Waals surface area contributed by atoms with Gasteiger partial charge in [0.05, 0.1) is 12.4 Å². The molecule has 1 aromatic rings. The molecule has 0 aliphatic heterocycles. The molecule has 1 saturated carbocycles. The number of nitriles is 1. The van der Waals surface area contributed by atoms with Crippen molar-refractivity contribution in [3.05, 3.63) is 12.5 Å². The number of nitrogens with one attached hydrogen (secondary N) is 1. The molecular weight excluding hydrogens is 276 g/mol. The molecule has 0 aromatic carbocycles. The molecule has 1 unspecified atom stereocenters. The molecule has 1 amide bonds. The fourth-order valence-electron chi connectivity index (χ4n) is 3.23. The van der Waals surface area contributed by atoms with Crippen LogP contribution in [0, 0.1) is 29.1 Å². The lowest BCUT2D eigenvalue weighted by molar-refractivity contribution is -0.121. The van der Waals surface area contributed by atoms with Crippen molar-refractivity contribution in [1.82, 2.24) is 9.55 Å². The van der Waals surface area contributed by atoms with Crippen molar-refractivity contribution in [1.29, 1.82) is 5.26 Å². The number of amides is 1. The molecule has 0 saturated heterocycles. The Kier molecular flexibility index (Phi) is 6.00. The molecule has 22 heavy (non-hydrogen) atoms. The van der Waals surface area contributed by atoms with Gasteiger partial charge in [-0.1, -0.05) is 26.7 Å². The minimum Gasteiger partial charge on any atom is -0.335 e. The van der Waals surface area contributed by atoms with Crippen LogP contribution in [0.2, 0.25) is 0 Å². The Morgan fingerprint density at radius 2 is 2.36 bits per heavy atom. The molecule has 0 radical (unpaired) electrons. The minimum absolute atomic E-state index is 0.0627. The Labute approximate surface area is 132 Å². The van der Waals surface area contributed by atoms with E-state index in [-0.39, 0.29) is 11.8 Å². The van der Waals surface area contributed by atoms with Crippen LogP contribution < -0.4 is 5.32 Å². The molecule has 5 heteroatoms. The van der Waals surface area contributed by atoms with Gasteiger partial charge in [0.25, 0.3) is 0 Å². The van der Waals surface area contributed by atoms with Gasteiger partial charge in [-0.15, -0.1) is 0 Å². The molecule has 120 valence electrons. The van der Waals surface area contributed by atoms with E-state index in [2.05, 4.69) is 30.2 Å². The molecule has 5 nitrogen and oxygen atoms in total. The average molecular weight is 302 g/mol. The zero-order valence-corrected chi connectivity index (χ0v) is 13.6. The van der Waals surface area contributed by atoms with E-state index in [4.69, 9.17) is 5.26 Å². The zero-order chi connectivity index (χ0) is 15.9. The SMILES string of the molecule is CC(C)Cn1cnc(NC(=O)[C@H]2CCCC(CCC#N)C2)c1. The highest BCUT2D eigenvalue weighted by Crippen LogP contribution is 2.32. The zero-order valence-electron chi connectivity index (χ0n) is 13.6. The molecule has 1 aliphatic carbocycles. The molecule has 0 bridgehead atoms. The smallest absolute Gasteiger partial charge is 0.228 e. The predicted octanol–water partition coefficient (Wildman–Crippen LogP) is 3.59. The van der Waals surface area contributed by atoms with Crippen LogP contribution in [0.4, 0.5) is 5.82 Å². The van der Waals surface area contributed by atoms with Gasteiger partial charge < -0.3 is 9.88 Å². The molecule has 1 heterocycles. The second-order valence-corrected chi connectivity index (χ2v) is 6.77. The van der Waals surface area contributed by atoms with Crippen LogP contribution >= 0.6 is 0 Å². The maximum atomic E-state index is 12.4. The highest BCUT2D eigenvalue weighted by atomic mass is 16.1. The predicted molar refractivity (Wildman–Crippen MR) is 86.0 cm³/mol. The minimum atomic E-state index is 0.0627. The third-order valence-electron chi connectivity index (χ3n) is 4.28. The number of carbonyl (C=O) groups is 1. The van der Waals surface area contributed by atoms with Crippen molar-refractivity contribution in [2.75, 3.05) is 5.32 Å². The third-order valence-corrected chi connectivity index (χ3v) is 4.28. The van der Waals surface area contributed by atoms with Gasteiger partial charge in [-0.3, -0.25) is 4.79 Å². The number of anilines is 1. The number of nitrogens with zero attached hydrogens (tertiary/aromatic N) is 3. The van der Waals surface area contributed by atoms with E-state index in [0.717, 1.165) is 38.6 Å². The van der Waals surface area contributed by atoms with E-state index >= 15 is 0 Å². The summed E-state index contributed by atoms with van der Waals surface area (Å²) in [6.45, 7) is 5.21. The van der Waals surface area contributed by atoms with Crippen LogP contribution in [0.25, 0.3) is 0 Å². The summed E-state index contributed by atoms with van der Waals surface area (Å²) in [4.78, 5) is 16.7. The average Bonchev–Trinajstić information content (AvgIpc) is 2.91. The van der Waals surface area contributed by atoms with Gasteiger partial charge >= 0.3 is 0 Å². The molecule has 1 aromatic heterocycles. The lowest BCUT2D eigenvalue weighted by Crippen LogP contribution is -2.28. The summed E-state index contributed by atoms with van der Waals surface area (Å²) >= 11 is 0. The Balaban J connectivity index is 1.86. The van der Waals surface area contributed by atoms with E-state index in [1.165, 1.54) is 0 Å². The lowest BCUT2D eigenvalue weighted by Gasteiger charge is -2.27. The summed E-state index contributed by atoms with van der Waals surface area (Å²) in [5, 5.41) is 11.6. The quantitative estimate of drug-likeness (QED) is 0.873. The maximum absolute atomic E-state index is 12.4. The molecule has 1 N–H and O–H groups in total. The van der Waals surface area contributed by atoms with Crippen LogP contribution in [0.3, 0.4) is 0 Å². The van der Waals surface area contributed by atoms with Crippen molar-refractivity contribution in [2.24, 2.45) is 17.8 Å². The molecule has 1 aliphatic rings. The van der Waals surface area contributed by atoms with Gasteiger partial charge in [0.2, 0.25) is 5.91 Å². The number of rotatable bonds is 6. The number of imidazole rings is 1. The van der Waals surface area contributed by atoms with Gasteiger partial charge in [0.15, 0.2) is 5.82 Å². The second kappa shape index (κ2) is 7.98. The van der Waals surface area contributed by atoms with E-state index in [1.54, 1.807) is 6.33 Å². The number of aromatic nitrogens is 2. The van der Waals surface area contributed by atoms with Crippen LogP contribution in [0.15, 0.2) is 12.5 Å². The Morgan fingerprint density at radius 3 is 3.09 bits per heavy atom. The number of carbonyl (C=O) groups excluding carboxylic acids is 1. The van der Waals surface area contributed by atoms with Crippen molar-refractivity contribution >= 4 is 11.7 Å². The first-order chi connectivity index (χ1) is 10.6. The molecular formula is C17H26N4O. The second-order valence-electron chi connectivity index (χ2n) is 6.77. The van der Waals surface area contributed by atoms with E-state index in [1.807, 2.05) is 10.8 Å². The first-order valence-electron chi connectivity index (χ1n) is 8.28. The van der Waals surface area contributed by atoms with E-state index in [9.17, 15) is 4.79 Å². The fourth-order valence-corrected chi connectivity index (χ4v) is 3.23. The summed E-state index contributed by atoms with van der Waals surface area (Å²) < 4.78 is 2.01. The van der Waals surface area contributed by atoms with E-state index in [0.29, 0.717) is 24.1 Å². The first kappa shape index (κ1) is 16.5. The summed E-state index contributed by atoms with van der Waals surface area (Å²) in [6, 6.07) is 2.20. The van der Waals surface area contributed by atoms with Gasteiger partial charge in [0, 0.05) is 25.1 Å². The summed E-state index contributed by atoms with van der Waals surface area (Å²) in [5.74, 6) is 1.86. The maximum Gasteiger partial charge on any atom is 0.228 e.